The van der Waals surface area contributed by atoms with Crippen LogP contribution in [-0.4, -0.2) is 33.3 Å². The Balaban J connectivity index is 1.75. The molecule has 24 heavy (non-hydrogen) atoms. The number of aromatic nitrogens is 2. The summed E-state index contributed by atoms with van der Waals surface area (Å²) in [5, 5.41) is 15.1. The molecule has 1 aromatic carbocycles. The normalized spacial score (nSPS) is 26.2. The first-order valence-electron chi connectivity index (χ1n) is 8.61. The summed E-state index contributed by atoms with van der Waals surface area (Å²) in [4.78, 5) is 17.0. The van der Waals surface area contributed by atoms with Crippen molar-refractivity contribution in [3.05, 3.63) is 40.7 Å². The van der Waals surface area contributed by atoms with Crippen LogP contribution in [0.2, 0.25) is 0 Å². The summed E-state index contributed by atoms with van der Waals surface area (Å²) in [6.45, 7) is 1.74. The van der Waals surface area contributed by atoms with Crippen LogP contribution in [-0.2, 0) is 6.54 Å². The van der Waals surface area contributed by atoms with Crippen LogP contribution >= 0.6 is 0 Å². The van der Waals surface area contributed by atoms with Gasteiger partial charge in [0.05, 0.1) is 29.4 Å². The third-order valence-electron chi connectivity index (χ3n) is 5.94. The predicted molar refractivity (Wildman–Crippen MR) is 89.3 cm³/mol. The molecule has 1 saturated heterocycles. The van der Waals surface area contributed by atoms with Gasteiger partial charge in [0.15, 0.2) is 0 Å². The fourth-order valence-corrected chi connectivity index (χ4v) is 4.52. The Kier molecular flexibility index (Phi) is 3.69. The lowest BCUT2D eigenvalue weighted by atomic mass is 9.66. The van der Waals surface area contributed by atoms with E-state index < -0.39 is 11.4 Å². The van der Waals surface area contributed by atoms with Gasteiger partial charge in [0.2, 0.25) is 0 Å². The number of fused-ring (bicyclic) bond motifs is 1. The minimum absolute atomic E-state index is 0.179. The van der Waals surface area contributed by atoms with Gasteiger partial charge in [-0.3, -0.25) is 9.36 Å². The smallest absolute Gasteiger partial charge is 0.261 e. The summed E-state index contributed by atoms with van der Waals surface area (Å²) < 4.78 is 14.9. The Morgan fingerprint density at radius 3 is 2.88 bits per heavy atom. The number of nitrogens with zero attached hydrogens (tertiary/aromatic N) is 2. The molecule has 2 fully saturated rings. The van der Waals surface area contributed by atoms with E-state index in [2.05, 4.69) is 10.3 Å². The Morgan fingerprint density at radius 2 is 2.08 bits per heavy atom. The van der Waals surface area contributed by atoms with Crippen molar-refractivity contribution in [2.24, 2.45) is 5.41 Å². The van der Waals surface area contributed by atoms with Gasteiger partial charge in [-0.05, 0) is 44.0 Å². The highest BCUT2D eigenvalue weighted by molar-refractivity contribution is 5.77. The van der Waals surface area contributed by atoms with Crippen molar-refractivity contribution in [2.75, 3.05) is 13.1 Å². The highest BCUT2D eigenvalue weighted by atomic mass is 19.1. The highest BCUT2D eigenvalue weighted by Gasteiger charge is 2.53. The van der Waals surface area contributed by atoms with Crippen molar-refractivity contribution in [2.45, 2.75) is 44.2 Å². The largest absolute Gasteiger partial charge is 0.387 e. The zero-order chi connectivity index (χ0) is 16.8. The maximum atomic E-state index is 13.5. The Morgan fingerprint density at radius 1 is 1.29 bits per heavy atom. The maximum absolute atomic E-state index is 13.5. The summed E-state index contributed by atoms with van der Waals surface area (Å²) in [6, 6.07) is 4.03. The predicted octanol–water partition coefficient (Wildman–Crippen LogP) is 1.82. The molecule has 2 heterocycles. The fraction of sp³-hybridized carbons (Fsp3) is 0.556. The molecule has 0 bridgehead atoms. The van der Waals surface area contributed by atoms with Crippen molar-refractivity contribution < 1.29 is 9.50 Å². The second-order valence-corrected chi connectivity index (χ2v) is 7.28. The molecule has 128 valence electrons. The topological polar surface area (TPSA) is 67.2 Å². The van der Waals surface area contributed by atoms with Crippen LogP contribution in [0, 0.1) is 11.2 Å². The molecule has 1 unspecified atom stereocenters. The first-order chi connectivity index (χ1) is 11.5. The lowest BCUT2D eigenvalue weighted by Crippen LogP contribution is -2.60. The molecular formula is C18H22FN3O2. The minimum atomic E-state index is -0.929. The van der Waals surface area contributed by atoms with Gasteiger partial charge >= 0.3 is 0 Å². The first-order valence-corrected chi connectivity index (χ1v) is 8.61. The van der Waals surface area contributed by atoms with Crippen LogP contribution in [0.5, 0.6) is 0 Å². The van der Waals surface area contributed by atoms with Gasteiger partial charge in [-0.25, -0.2) is 9.37 Å². The first kappa shape index (κ1) is 15.7. The molecule has 6 heteroatoms. The van der Waals surface area contributed by atoms with Crippen molar-refractivity contribution >= 4 is 10.9 Å². The van der Waals surface area contributed by atoms with E-state index >= 15 is 0 Å². The molecule has 1 atom stereocenters. The minimum Gasteiger partial charge on any atom is -0.387 e. The van der Waals surface area contributed by atoms with Crippen LogP contribution in [0.3, 0.4) is 0 Å². The summed E-state index contributed by atoms with van der Waals surface area (Å²) >= 11 is 0. The van der Waals surface area contributed by atoms with Crippen LogP contribution in [0.4, 0.5) is 4.39 Å². The van der Waals surface area contributed by atoms with Gasteiger partial charge in [0, 0.05) is 12.0 Å². The second-order valence-electron chi connectivity index (χ2n) is 7.28. The van der Waals surface area contributed by atoms with E-state index in [-0.39, 0.29) is 22.9 Å². The molecule has 1 spiro atoms. The quantitative estimate of drug-likeness (QED) is 0.881. The standard InChI is InChI=1S/C18H22FN3O2/c19-13-3-4-15-14(9-13)16(23)22(12-21-15)11-18(24)7-8-20-10-17(18)5-1-2-6-17/h3-4,9,12,20,24H,1-2,5-8,10-11H2. The number of hydrogen-bond acceptors (Lipinski definition) is 4. The summed E-state index contributed by atoms with van der Waals surface area (Å²) in [5.74, 6) is -0.452. The second kappa shape index (κ2) is 5.63. The summed E-state index contributed by atoms with van der Waals surface area (Å²) in [5.41, 5.74) is -0.923. The van der Waals surface area contributed by atoms with E-state index in [1.165, 1.54) is 29.1 Å². The third-order valence-corrected chi connectivity index (χ3v) is 5.94. The highest BCUT2D eigenvalue weighted by Crippen LogP contribution is 2.49. The van der Waals surface area contributed by atoms with Gasteiger partial charge in [0.25, 0.3) is 5.56 Å². The van der Waals surface area contributed by atoms with E-state index in [1.807, 2.05) is 0 Å². The Labute approximate surface area is 139 Å². The van der Waals surface area contributed by atoms with Crippen molar-refractivity contribution in [3.8, 4) is 0 Å². The van der Waals surface area contributed by atoms with E-state index in [1.54, 1.807) is 0 Å². The molecule has 1 aliphatic carbocycles. The third kappa shape index (κ3) is 2.36. The van der Waals surface area contributed by atoms with Crippen molar-refractivity contribution in [3.63, 3.8) is 0 Å². The summed E-state index contributed by atoms with van der Waals surface area (Å²) in [6.07, 6.45) is 6.26. The number of halogens is 1. The number of nitrogens with one attached hydrogen (secondary N) is 1. The van der Waals surface area contributed by atoms with Crippen LogP contribution in [0.15, 0.2) is 29.3 Å². The van der Waals surface area contributed by atoms with Gasteiger partial charge in [0.1, 0.15) is 5.82 Å². The van der Waals surface area contributed by atoms with Crippen LogP contribution in [0.1, 0.15) is 32.1 Å². The number of aliphatic hydroxyl groups is 1. The van der Waals surface area contributed by atoms with Gasteiger partial charge in [-0.15, -0.1) is 0 Å². The Hall–Kier alpha value is -1.79. The molecule has 4 rings (SSSR count). The zero-order valence-electron chi connectivity index (χ0n) is 13.6. The average Bonchev–Trinajstić information content (AvgIpc) is 3.04. The number of rotatable bonds is 2. The van der Waals surface area contributed by atoms with Crippen molar-refractivity contribution in [1.82, 2.24) is 14.9 Å². The summed E-state index contributed by atoms with van der Waals surface area (Å²) in [7, 11) is 0. The van der Waals surface area contributed by atoms with E-state index in [0.717, 1.165) is 38.8 Å². The number of hydrogen-bond donors (Lipinski definition) is 2. The molecule has 1 aromatic heterocycles. The molecule has 5 nitrogen and oxygen atoms in total. The van der Waals surface area contributed by atoms with Gasteiger partial charge < -0.3 is 10.4 Å². The molecule has 2 N–H and O–H groups in total. The van der Waals surface area contributed by atoms with E-state index in [4.69, 9.17) is 0 Å². The molecule has 2 aromatic rings. The molecule has 0 amide bonds. The van der Waals surface area contributed by atoms with Crippen molar-refractivity contribution in [1.29, 1.82) is 0 Å². The van der Waals surface area contributed by atoms with Crippen LogP contribution < -0.4 is 10.9 Å². The number of benzene rings is 1. The molecular weight excluding hydrogens is 309 g/mol. The van der Waals surface area contributed by atoms with Gasteiger partial charge in [-0.1, -0.05) is 12.8 Å². The van der Waals surface area contributed by atoms with E-state index in [0.29, 0.717) is 11.9 Å². The number of piperidine rings is 1. The van der Waals surface area contributed by atoms with Crippen LogP contribution in [0.25, 0.3) is 10.9 Å². The molecule has 0 radical (unpaired) electrons. The fourth-order valence-electron chi connectivity index (χ4n) is 4.52. The molecule has 1 aliphatic heterocycles. The van der Waals surface area contributed by atoms with E-state index in [9.17, 15) is 14.3 Å². The zero-order valence-corrected chi connectivity index (χ0v) is 13.6. The Bertz CT molecular complexity index is 829. The molecule has 1 saturated carbocycles. The molecule has 2 aliphatic rings. The van der Waals surface area contributed by atoms with Gasteiger partial charge in [-0.2, -0.15) is 0 Å². The monoisotopic (exact) mass is 331 g/mol. The lowest BCUT2D eigenvalue weighted by molar-refractivity contribution is -0.115. The average molecular weight is 331 g/mol. The lowest BCUT2D eigenvalue weighted by Gasteiger charge is -2.49. The SMILES string of the molecule is O=c1c2cc(F)ccc2ncn1CC1(O)CCNCC12CCCC2. The maximum Gasteiger partial charge on any atom is 0.261 e.